The Bertz CT molecular complexity index is 797. The maximum atomic E-state index is 13.7. The van der Waals surface area contributed by atoms with E-state index in [-0.39, 0.29) is 27.8 Å². The van der Waals surface area contributed by atoms with E-state index in [0.29, 0.717) is 0 Å². The molecular formula is C16H11Cl2FN2O2. The summed E-state index contributed by atoms with van der Waals surface area (Å²) >= 11 is 12.0. The molecule has 1 N–H and O–H groups in total. The molecule has 0 spiro atoms. The predicted molar refractivity (Wildman–Crippen MR) is 87.4 cm³/mol. The van der Waals surface area contributed by atoms with Crippen LogP contribution in [0.3, 0.4) is 0 Å². The second-order valence-electron chi connectivity index (χ2n) is 5.02. The summed E-state index contributed by atoms with van der Waals surface area (Å²) in [5.74, 6) is -1.41. The number of carbonyl (C=O) groups is 2. The van der Waals surface area contributed by atoms with E-state index in [1.54, 1.807) is 24.3 Å². The Morgan fingerprint density at radius 3 is 2.57 bits per heavy atom. The van der Waals surface area contributed by atoms with Gasteiger partial charge in [0.2, 0.25) is 5.91 Å². The molecule has 4 nitrogen and oxygen atoms in total. The number of amides is 2. The van der Waals surface area contributed by atoms with Gasteiger partial charge in [-0.2, -0.15) is 0 Å². The molecule has 1 saturated heterocycles. The van der Waals surface area contributed by atoms with Gasteiger partial charge in [-0.25, -0.2) is 9.29 Å². The molecule has 7 heteroatoms. The zero-order valence-corrected chi connectivity index (χ0v) is 13.2. The number of nitrogens with zero attached hydrogens (tertiary/aromatic N) is 1. The van der Waals surface area contributed by atoms with E-state index in [2.05, 4.69) is 5.32 Å². The van der Waals surface area contributed by atoms with Crippen molar-refractivity contribution in [3.05, 3.63) is 58.3 Å². The molecule has 0 radical (unpaired) electrons. The van der Waals surface area contributed by atoms with Gasteiger partial charge in [-0.1, -0.05) is 41.4 Å². The molecule has 2 amide bonds. The topological polar surface area (TPSA) is 49.4 Å². The lowest BCUT2D eigenvalue weighted by atomic mass is 10.2. The molecule has 3 rings (SSSR count). The molecule has 118 valence electrons. The fraction of sp³-hybridized carbons (Fsp3) is 0.125. The summed E-state index contributed by atoms with van der Waals surface area (Å²) in [4.78, 5) is 25.7. The SMILES string of the molecule is O=C1C[C@@H](Nc2ccccc2F)C(=O)N1c1cccc(Cl)c1Cl. The van der Waals surface area contributed by atoms with Crippen molar-refractivity contribution in [1.29, 1.82) is 0 Å². The van der Waals surface area contributed by atoms with Crippen LogP contribution < -0.4 is 10.2 Å². The molecule has 1 fully saturated rings. The standard InChI is InChI=1S/C16H11Cl2FN2O2/c17-9-4-3-7-13(15(9)18)21-14(22)8-12(16(21)23)20-11-6-2-1-5-10(11)19/h1-7,12,20H,8H2/t12-/m1/s1. The smallest absolute Gasteiger partial charge is 0.256 e. The van der Waals surface area contributed by atoms with Gasteiger partial charge < -0.3 is 5.32 Å². The average Bonchev–Trinajstić information content (AvgIpc) is 2.79. The molecule has 0 saturated carbocycles. The van der Waals surface area contributed by atoms with Crippen molar-refractivity contribution in [3.63, 3.8) is 0 Å². The number of hydrogen-bond acceptors (Lipinski definition) is 3. The van der Waals surface area contributed by atoms with E-state index in [4.69, 9.17) is 23.2 Å². The van der Waals surface area contributed by atoms with Gasteiger partial charge in [0.25, 0.3) is 5.91 Å². The highest BCUT2D eigenvalue weighted by atomic mass is 35.5. The van der Waals surface area contributed by atoms with Crippen molar-refractivity contribution in [2.24, 2.45) is 0 Å². The van der Waals surface area contributed by atoms with Gasteiger partial charge in [0.15, 0.2) is 0 Å². The summed E-state index contributed by atoms with van der Waals surface area (Å²) in [5.41, 5.74) is 0.393. The van der Waals surface area contributed by atoms with Crippen LogP contribution in [0.5, 0.6) is 0 Å². The van der Waals surface area contributed by atoms with Crippen LogP contribution in [0.4, 0.5) is 15.8 Å². The van der Waals surface area contributed by atoms with Crippen LogP contribution in [0, 0.1) is 5.82 Å². The average molecular weight is 353 g/mol. The summed E-state index contributed by atoms with van der Waals surface area (Å²) in [6.07, 6.45) is -0.0873. The first-order chi connectivity index (χ1) is 11.0. The predicted octanol–water partition coefficient (Wildman–Crippen LogP) is 3.88. The Labute approximate surface area is 141 Å². The number of imide groups is 1. The van der Waals surface area contributed by atoms with E-state index >= 15 is 0 Å². The molecule has 0 aromatic heterocycles. The van der Waals surface area contributed by atoms with E-state index in [1.807, 2.05) is 0 Å². The van der Waals surface area contributed by atoms with Crippen LogP contribution in [0.2, 0.25) is 10.0 Å². The van der Waals surface area contributed by atoms with Crippen molar-refractivity contribution >= 4 is 46.4 Å². The molecule has 0 unspecified atom stereocenters. The van der Waals surface area contributed by atoms with Gasteiger partial charge >= 0.3 is 0 Å². The zero-order chi connectivity index (χ0) is 16.6. The summed E-state index contributed by atoms with van der Waals surface area (Å²) in [7, 11) is 0. The van der Waals surface area contributed by atoms with Gasteiger partial charge in [0.1, 0.15) is 11.9 Å². The summed E-state index contributed by atoms with van der Waals surface area (Å²) in [6.45, 7) is 0. The van der Waals surface area contributed by atoms with Crippen LogP contribution in [-0.4, -0.2) is 17.9 Å². The minimum absolute atomic E-state index is 0.0873. The van der Waals surface area contributed by atoms with E-state index in [9.17, 15) is 14.0 Å². The quantitative estimate of drug-likeness (QED) is 0.852. The normalized spacial score (nSPS) is 17.7. The number of nitrogens with one attached hydrogen (secondary N) is 1. The third-order valence-corrected chi connectivity index (χ3v) is 4.33. The Morgan fingerprint density at radius 2 is 1.83 bits per heavy atom. The maximum absolute atomic E-state index is 13.7. The number of halogens is 3. The zero-order valence-electron chi connectivity index (χ0n) is 11.7. The van der Waals surface area contributed by atoms with Crippen molar-refractivity contribution in [3.8, 4) is 0 Å². The van der Waals surface area contributed by atoms with Gasteiger partial charge in [-0.05, 0) is 24.3 Å². The van der Waals surface area contributed by atoms with Crippen LogP contribution in [0.1, 0.15) is 6.42 Å². The number of carbonyl (C=O) groups excluding carboxylic acids is 2. The van der Waals surface area contributed by atoms with Crippen LogP contribution in [0.15, 0.2) is 42.5 Å². The van der Waals surface area contributed by atoms with E-state index < -0.39 is 23.7 Å². The van der Waals surface area contributed by atoms with Gasteiger partial charge in [0, 0.05) is 0 Å². The fourth-order valence-corrected chi connectivity index (χ4v) is 2.81. The molecule has 2 aromatic rings. The Kier molecular flexibility index (Phi) is 4.24. The van der Waals surface area contributed by atoms with Crippen molar-refractivity contribution in [2.45, 2.75) is 12.5 Å². The maximum Gasteiger partial charge on any atom is 0.256 e. The van der Waals surface area contributed by atoms with Gasteiger partial charge in [0.05, 0.1) is 27.8 Å². The van der Waals surface area contributed by atoms with Crippen molar-refractivity contribution in [2.75, 3.05) is 10.2 Å². The monoisotopic (exact) mass is 352 g/mol. The third kappa shape index (κ3) is 2.90. The Balaban J connectivity index is 1.89. The third-order valence-electron chi connectivity index (χ3n) is 3.52. The Hall–Kier alpha value is -2.11. The minimum atomic E-state index is -0.852. The highest BCUT2D eigenvalue weighted by Crippen LogP contribution is 2.35. The van der Waals surface area contributed by atoms with Crippen LogP contribution in [-0.2, 0) is 9.59 Å². The highest BCUT2D eigenvalue weighted by molar-refractivity contribution is 6.45. The van der Waals surface area contributed by atoms with Crippen molar-refractivity contribution < 1.29 is 14.0 Å². The molecule has 0 bridgehead atoms. The summed E-state index contributed by atoms with van der Waals surface area (Å²) in [6, 6.07) is 9.80. The molecule has 1 aliphatic heterocycles. The minimum Gasteiger partial charge on any atom is -0.371 e. The number of para-hydroxylation sites is 1. The molecule has 1 aliphatic rings. The molecule has 1 atom stereocenters. The second-order valence-corrected chi connectivity index (χ2v) is 5.81. The van der Waals surface area contributed by atoms with Crippen LogP contribution in [0.25, 0.3) is 0 Å². The first-order valence-corrected chi connectivity index (χ1v) is 7.56. The summed E-state index contributed by atoms with van der Waals surface area (Å²) < 4.78 is 13.7. The molecule has 1 heterocycles. The summed E-state index contributed by atoms with van der Waals surface area (Å²) in [5, 5.41) is 3.13. The second kappa shape index (κ2) is 6.18. The van der Waals surface area contributed by atoms with Gasteiger partial charge in [-0.15, -0.1) is 0 Å². The highest BCUT2D eigenvalue weighted by Gasteiger charge is 2.40. The first kappa shape index (κ1) is 15.8. The fourth-order valence-electron chi connectivity index (χ4n) is 2.43. The van der Waals surface area contributed by atoms with Gasteiger partial charge in [-0.3, -0.25) is 9.59 Å². The van der Waals surface area contributed by atoms with Crippen LogP contribution >= 0.6 is 23.2 Å². The number of rotatable bonds is 3. The number of benzene rings is 2. The van der Waals surface area contributed by atoms with Crippen molar-refractivity contribution in [1.82, 2.24) is 0 Å². The molecule has 2 aromatic carbocycles. The lowest BCUT2D eigenvalue weighted by Gasteiger charge is -2.18. The number of hydrogen-bond donors (Lipinski definition) is 1. The molecular weight excluding hydrogens is 342 g/mol. The lowest BCUT2D eigenvalue weighted by molar-refractivity contribution is -0.121. The Morgan fingerprint density at radius 1 is 1.09 bits per heavy atom. The first-order valence-electron chi connectivity index (χ1n) is 6.81. The molecule has 0 aliphatic carbocycles. The largest absolute Gasteiger partial charge is 0.371 e. The lowest BCUT2D eigenvalue weighted by Crippen LogP contribution is -2.35. The molecule has 23 heavy (non-hydrogen) atoms. The van der Waals surface area contributed by atoms with E-state index in [1.165, 1.54) is 18.2 Å². The number of anilines is 2. The van der Waals surface area contributed by atoms with E-state index in [0.717, 1.165) is 4.90 Å².